The number of amides is 1. The van der Waals surface area contributed by atoms with Crippen molar-refractivity contribution in [2.24, 2.45) is 7.05 Å². The Balaban J connectivity index is 1.75. The number of hydrogen-bond acceptors (Lipinski definition) is 6. The highest BCUT2D eigenvalue weighted by atomic mass is 35.5. The zero-order valence-corrected chi connectivity index (χ0v) is 16.1. The first-order valence-electron chi connectivity index (χ1n) is 8.85. The molecule has 152 valence electrons. The Kier molecular flexibility index (Phi) is 4.38. The van der Waals surface area contributed by atoms with E-state index in [1.165, 1.54) is 22.2 Å². The van der Waals surface area contributed by atoms with Crippen molar-refractivity contribution in [3.05, 3.63) is 32.7 Å². The van der Waals surface area contributed by atoms with Crippen LogP contribution < -0.4 is 0 Å². The number of hydrogen-bond donors (Lipinski definition) is 1. The van der Waals surface area contributed by atoms with Crippen LogP contribution in [0.25, 0.3) is 0 Å². The second kappa shape index (κ2) is 6.68. The summed E-state index contributed by atoms with van der Waals surface area (Å²) in [4.78, 5) is 13.6. The zero-order valence-electron chi connectivity index (χ0n) is 15.6. The SMILES string of the molecule is [2H]OC1CO[C@]2(CCN(C(=O)C(F)(F)F)[C@H](c3cn(C)nn3)C2)c2sc(Cl)cc21. The molecule has 0 aromatic carbocycles. The largest absolute Gasteiger partial charge is 0.471 e. The van der Waals surface area contributed by atoms with Crippen LogP contribution in [0, 0.1) is 0 Å². The van der Waals surface area contributed by atoms with Crippen molar-refractivity contribution in [3.63, 3.8) is 0 Å². The Morgan fingerprint density at radius 3 is 3.00 bits per heavy atom. The predicted molar refractivity (Wildman–Crippen MR) is 92.7 cm³/mol. The van der Waals surface area contributed by atoms with E-state index >= 15 is 0 Å². The lowest BCUT2D eigenvalue weighted by Crippen LogP contribution is -2.53. The first-order chi connectivity index (χ1) is 13.6. The molecule has 28 heavy (non-hydrogen) atoms. The zero-order chi connectivity index (χ0) is 21.0. The van der Waals surface area contributed by atoms with Crippen LogP contribution in [0.5, 0.6) is 0 Å². The number of thiophene rings is 1. The van der Waals surface area contributed by atoms with Crippen molar-refractivity contribution < 1.29 is 27.8 Å². The third kappa shape index (κ3) is 3.19. The van der Waals surface area contributed by atoms with E-state index in [0.717, 1.165) is 4.90 Å². The van der Waals surface area contributed by atoms with Crippen LogP contribution in [0.15, 0.2) is 12.3 Å². The molecule has 4 rings (SSSR count). The highest BCUT2D eigenvalue weighted by Gasteiger charge is 2.53. The lowest BCUT2D eigenvalue weighted by molar-refractivity contribution is -0.198. The number of nitrogens with zero attached hydrogens (tertiary/aromatic N) is 4. The first-order valence-corrected chi connectivity index (χ1v) is 9.64. The van der Waals surface area contributed by atoms with Crippen LogP contribution in [0.4, 0.5) is 13.2 Å². The molecule has 0 bridgehead atoms. The van der Waals surface area contributed by atoms with Gasteiger partial charge in [-0.05, 0) is 12.5 Å². The third-order valence-corrected chi connectivity index (χ3v) is 6.59. The average molecular weight is 438 g/mol. The van der Waals surface area contributed by atoms with E-state index in [-0.39, 0.29) is 31.7 Å². The molecule has 3 atom stereocenters. The van der Waals surface area contributed by atoms with Crippen LogP contribution in [-0.2, 0) is 22.2 Å². The molecule has 2 aliphatic rings. The summed E-state index contributed by atoms with van der Waals surface area (Å²) in [6, 6.07) is 0.712. The third-order valence-electron chi connectivity index (χ3n) is 5.12. The number of likely N-dealkylation sites (tertiary alicyclic amines) is 1. The van der Waals surface area contributed by atoms with Crippen LogP contribution in [0.3, 0.4) is 0 Å². The Labute approximate surface area is 168 Å². The minimum atomic E-state index is -5.00. The average Bonchev–Trinajstić information content (AvgIpc) is 3.27. The molecule has 0 saturated carbocycles. The van der Waals surface area contributed by atoms with Gasteiger partial charge < -0.3 is 14.7 Å². The molecule has 2 aliphatic heterocycles. The van der Waals surface area contributed by atoms with Gasteiger partial charge in [0.25, 0.3) is 0 Å². The summed E-state index contributed by atoms with van der Waals surface area (Å²) in [7, 11) is 1.59. The summed E-state index contributed by atoms with van der Waals surface area (Å²) in [6.07, 6.45) is -3.94. The van der Waals surface area contributed by atoms with Crippen molar-refractivity contribution in [3.8, 4) is 0 Å². The van der Waals surface area contributed by atoms with Gasteiger partial charge >= 0.3 is 12.1 Å². The summed E-state index contributed by atoms with van der Waals surface area (Å²) in [5.74, 6) is -1.92. The maximum Gasteiger partial charge on any atom is 0.471 e. The van der Waals surface area contributed by atoms with Crippen molar-refractivity contribution >= 4 is 28.8 Å². The maximum atomic E-state index is 13.2. The Morgan fingerprint density at radius 1 is 1.57 bits per heavy atom. The van der Waals surface area contributed by atoms with E-state index in [4.69, 9.17) is 22.9 Å². The molecule has 1 spiro atoms. The smallest absolute Gasteiger partial charge is 0.386 e. The fourth-order valence-corrected chi connectivity index (χ4v) is 5.33. The lowest BCUT2D eigenvalue weighted by Gasteiger charge is -2.48. The Morgan fingerprint density at radius 2 is 2.36 bits per heavy atom. The number of rotatable bonds is 2. The molecule has 7 nitrogen and oxygen atoms in total. The van der Waals surface area contributed by atoms with E-state index in [9.17, 15) is 18.0 Å². The molecular weight excluding hydrogens is 421 g/mol. The van der Waals surface area contributed by atoms with Gasteiger partial charge in [0.1, 0.15) is 17.4 Å². The van der Waals surface area contributed by atoms with Gasteiger partial charge in [-0.1, -0.05) is 16.8 Å². The van der Waals surface area contributed by atoms with Gasteiger partial charge in [-0.25, -0.2) is 0 Å². The number of aromatic nitrogens is 3. The van der Waals surface area contributed by atoms with Gasteiger partial charge in [-0.2, -0.15) is 13.2 Å². The molecule has 1 unspecified atom stereocenters. The quantitative estimate of drug-likeness (QED) is 0.781. The van der Waals surface area contributed by atoms with Crippen molar-refractivity contribution in [2.75, 3.05) is 13.2 Å². The Hall–Kier alpha value is -1.69. The summed E-state index contributed by atoms with van der Waals surface area (Å²) < 4.78 is 54.7. The number of aryl methyl sites for hydroxylation is 1. The molecule has 1 N–H and O–H groups in total. The summed E-state index contributed by atoms with van der Waals surface area (Å²) in [6.45, 7) is -0.120. The number of fused-ring (bicyclic) bond motifs is 2. The predicted octanol–water partition coefficient (Wildman–Crippen LogP) is 2.71. The van der Waals surface area contributed by atoms with E-state index in [1.807, 2.05) is 0 Å². The monoisotopic (exact) mass is 437 g/mol. The van der Waals surface area contributed by atoms with Crippen LogP contribution >= 0.6 is 22.9 Å². The summed E-state index contributed by atoms with van der Waals surface area (Å²) >= 11 is 7.42. The van der Waals surface area contributed by atoms with Gasteiger partial charge in [-0.3, -0.25) is 9.48 Å². The standard InChI is InChI=1S/C16H16ClF3N4O3S/c1-23-6-9(21-22-23)10-5-15(2-3-24(10)14(26)16(18,19)20)13-8(4-12(17)28-13)11(25)7-27-15/h4,6,10-11,25H,2-3,5,7H2,1H3/t10-,11?,15-/m0/s1/i25D. The normalized spacial score (nSPS) is 28.3. The molecule has 1 fully saturated rings. The number of halogens is 4. The minimum absolute atomic E-state index is 0.0576. The summed E-state index contributed by atoms with van der Waals surface area (Å²) in [5.41, 5.74) is -0.0159. The minimum Gasteiger partial charge on any atom is -0.386 e. The Bertz CT molecular complexity index is 939. The highest BCUT2D eigenvalue weighted by molar-refractivity contribution is 7.16. The maximum absolute atomic E-state index is 13.2. The molecule has 0 aliphatic carbocycles. The van der Waals surface area contributed by atoms with Crippen molar-refractivity contribution in [2.45, 2.75) is 36.8 Å². The topological polar surface area (TPSA) is 80.5 Å². The van der Waals surface area contributed by atoms with Gasteiger partial charge in [0.2, 0.25) is 1.43 Å². The molecule has 12 heteroatoms. The molecule has 0 radical (unpaired) electrons. The number of piperidine rings is 1. The van der Waals surface area contributed by atoms with Crippen molar-refractivity contribution in [1.82, 2.24) is 19.9 Å². The molecule has 2 aromatic heterocycles. The number of aliphatic hydroxyl groups excluding tert-OH is 1. The van der Waals surface area contributed by atoms with Crippen LogP contribution in [-0.4, -0.2) is 51.7 Å². The van der Waals surface area contributed by atoms with Gasteiger partial charge in [0, 0.05) is 30.5 Å². The molecule has 1 saturated heterocycles. The van der Waals surface area contributed by atoms with E-state index in [0.29, 0.717) is 14.8 Å². The number of carbonyl (C=O) groups is 1. The lowest BCUT2D eigenvalue weighted by atomic mass is 9.80. The van der Waals surface area contributed by atoms with Gasteiger partial charge in [0.05, 0.1) is 23.2 Å². The van der Waals surface area contributed by atoms with Crippen LogP contribution in [0.2, 0.25) is 4.34 Å². The second-order valence-electron chi connectivity index (χ2n) is 6.91. The molecule has 2 aromatic rings. The van der Waals surface area contributed by atoms with Gasteiger partial charge in [-0.15, -0.1) is 16.4 Å². The molecule has 1 amide bonds. The van der Waals surface area contributed by atoms with E-state index in [2.05, 4.69) is 10.3 Å². The van der Waals surface area contributed by atoms with E-state index < -0.39 is 29.8 Å². The fraction of sp³-hybridized carbons (Fsp3) is 0.562. The van der Waals surface area contributed by atoms with Crippen molar-refractivity contribution in [1.29, 1.82) is 1.43 Å². The highest BCUT2D eigenvalue weighted by Crippen LogP contribution is 2.53. The fourth-order valence-electron chi connectivity index (χ4n) is 3.87. The van der Waals surface area contributed by atoms with Gasteiger partial charge in [0.15, 0.2) is 0 Å². The molecular formula is C16H16ClF3N4O3S. The number of alkyl halides is 3. The molecule has 4 heterocycles. The second-order valence-corrected chi connectivity index (χ2v) is 8.60. The first kappa shape index (κ1) is 18.3. The number of ether oxygens (including phenoxy) is 1. The number of carbonyl (C=O) groups excluding carboxylic acids is 1. The summed E-state index contributed by atoms with van der Waals surface area (Å²) in [5, 5.41) is 12.5. The number of aliphatic hydroxyl groups is 1. The van der Waals surface area contributed by atoms with Crippen LogP contribution in [0.1, 0.15) is 41.1 Å². The van der Waals surface area contributed by atoms with E-state index in [1.54, 1.807) is 13.1 Å².